The van der Waals surface area contributed by atoms with Gasteiger partial charge in [-0.1, -0.05) is 0 Å². The Balaban J connectivity index is 2.68. The summed E-state index contributed by atoms with van der Waals surface area (Å²) in [5.41, 5.74) is 0.501. The third-order valence-corrected chi connectivity index (χ3v) is 1.79. The molecule has 0 saturated heterocycles. The highest BCUT2D eigenvalue weighted by atomic mass is 32.1. The first-order valence-electron chi connectivity index (χ1n) is 3.01. The zero-order valence-electron chi connectivity index (χ0n) is 5.63. The van der Waals surface area contributed by atoms with Crippen LogP contribution in [0, 0.1) is 0 Å². The van der Waals surface area contributed by atoms with Gasteiger partial charge in [0.15, 0.2) is 11.4 Å². The highest BCUT2D eigenvalue weighted by Crippen LogP contribution is 2.12. The van der Waals surface area contributed by atoms with Crippen LogP contribution in [0.3, 0.4) is 0 Å². The molecule has 0 aliphatic heterocycles. The molecule has 1 N–H and O–H groups in total. The van der Waals surface area contributed by atoms with Crippen molar-refractivity contribution in [3.8, 4) is 0 Å². The van der Waals surface area contributed by atoms with E-state index in [1.165, 1.54) is 11.3 Å². The molecule has 0 aromatic carbocycles. The summed E-state index contributed by atoms with van der Waals surface area (Å²) in [7, 11) is 0. The second kappa shape index (κ2) is 3.31. The number of nitrogens with zero attached hydrogens (tertiary/aromatic N) is 1. The highest BCUT2D eigenvalue weighted by Gasteiger charge is 1.96. The Hall–Kier alpha value is -0.900. The van der Waals surface area contributed by atoms with E-state index >= 15 is 0 Å². The van der Waals surface area contributed by atoms with E-state index in [1.807, 2.05) is 6.92 Å². The lowest BCUT2D eigenvalue weighted by molar-refractivity contribution is 0.111. The monoisotopic (exact) mass is 156 g/mol. The van der Waals surface area contributed by atoms with Gasteiger partial charge >= 0.3 is 0 Å². The minimum absolute atomic E-state index is 0.501. The van der Waals surface area contributed by atoms with E-state index in [2.05, 4.69) is 10.3 Å². The van der Waals surface area contributed by atoms with Crippen LogP contribution in [-0.4, -0.2) is 17.8 Å². The van der Waals surface area contributed by atoms with Crippen molar-refractivity contribution in [3.63, 3.8) is 0 Å². The lowest BCUT2D eigenvalue weighted by Crippen LogP contribution is -1.95. The van der Waals surface area contributed by atoms with E-state index < -0.39 is 0 Å². The first-order valence-corrected chi connectivity index (χ1v) is 3.89. The van der Waals surface area contributed by atoms with Crippen LogP contribution in [0.15, 0.2) is 5.38 Å². The summed E-state index contributed by atoms with van der Waals surface area (Å²) in [6.07, 6.45) is 0.747. The second-order valence-corrected chi connectivity index (χ2v) is 2.58. The van der Waals surface area contributed by atoms with Gasteiger partial charge in [-0.2, -0.15) is 0 Å². The molecule has 1 aromatic rings. The Labute approximate surface area is 63.1 Å². The Morgan fingerprint density at radius 2 is 2.70 bits per heavy atom. The average Bonchev–Trinajstić information content (AvgIpc) is 2.37. The molecule has 10 heavy (non-hydrogen) atoms. The van der Waals surface area contributed by atoms with Crippen molar-refractivity contribution in [2.24, 2.45) is 0 Å². The molecule has 3 nitrogen and oxygen atoms in total. The van der Waals surface area contributed by atoms with Gasteiger partial charge in [0.25, 0.3) is 0 Å². The predicted molar refractivity (Wildman–Crippen MR) is 41.7 cm³/mol. The summed E-state index contributed by atoms with van der Waals surface area (Å²) in [5, 5.41) is 5.55. The smallest absolute Gasteiger partial charge is 0.183 e. The summed E-state index contributed by atoms with van der Waals surface area (Å²) in [6.45, 7) is 2.83. The number of carbonyl (C=O) groups excluding carboxylic acids is 1. The Morgan fingerprint density at radius 3 is 3.20 bits per heavy atom. The van der Waals surface area contributed by atoms with Crippen LogP contribution in [0.2, 0.25) is 0 Å². The number of hydrogen-bond donors (Lipinski definition) is 1. The lowest BCUT2D eigenvalue weighted by atomic mass is 10.6. The van der Waals surface area contributed by atoms with Crippen LogP contribution in [0.5, 0.6) is 0 Å². The van der Waals surface area contributed by atoms with Crippen LogP contribution in [-0.2, 0) is 0 Å². The van der Waals surface area contributed by atoms with Gasteiger partial charge in [-0.3, -0.25) is 4.79 Å². The van der Waals surface area contributed by atoms with Gasteiger partial charge in [0, 0.05) is 11.9 Å². The van der Waals surface area contributed by atoms with Crippen LogP contribution in [0.4, 0.5) is 5.13 Å². The summed E-state index contributed by atoms with van der Waals surface area (Å²) in [6, 6.07) is 0. The number of aldehydes is 1. The van der Waals surface area contributed by atoms with Crippen molar-refractivity contribution in [2.45, 2.75) is 6.92 Å². The number of nitrogens with one attached hydrogen (secondary N) is 1. The van der Waals surface area contributed by atoms with E-state index in [4.69, 9.17) is 0 Å². The number of rotatable bonds is 3. The topological polar surface area (TPSA) is 42.0 Å². The zero-order chi connectivity index (χ0) is 7.40. The third-order valence-electron chi connectivity index (χ3n) is 0.971. The first-order chi connectivity index (χ1) is 4.86. The molecule has 0 amide bonds. The molecular formula is C6H8N2OS. The molecule has 0 spiro atoms. The molecule has 54 valence electrons. The molecule has 0 aliphatic carbocycles. The Bertz CT molecular complexity index is 221. The van der Waals surface area contributed by atoms with Gasteiger partial charge in [0.05, 0.1) is 0 Å². The zero-order valence-corrected chi connectivity index (χ0v) is 6.44. The largest absolute Gasteiger partial charge is 0.362 e. The van der Waals surface area contributed by atoms with Gasteiger partial charge in [-0.15, -0.1) is 11.3 Å². The molecule has 0 radical (unpaired) electrons. The molecule has 4 heteroatoms. The highest BCUT2D eigenvalue weighted by molar-refractivity contribution is 7.13. The van der Waals surface area contributed by atoms with Gasteiger partial charge in [0.2, 0.25) is 0 Å². The quantitative estimate of drug-likeness (QED) is 0.672. The standard InChI is InChI=1S/C6H8N2OS/c1-2-7-6-8-5(3-9)4-10-6/h3-4H,2H2,1H3,(H,7,8). The van der Waals surface area contributed by atoms with E-state index in [9.17, 15) is 4.79 Å². The maximum atomic E-state index is 10.1. The molecule has 1 rings (SSSR count). The van der Waals surface area contributed by atoms with Crippen molar-refractivity contribution in [1.82, 2.24) is 4.98 Å². The fraction of sp³-hybridized carbons (Fsp3) is 0.333. The number of hydrogen-bond acceptors (Lipinski definition) is 4. The predicted octanol–water partition coefficient (Wildman–Crippen LogP) is 1.39. The van der Waals surface area contributed by atoms with Gasteiger partial charge in [0.1, 0.15) is 5.69 Å². The molecular weight excluding hydrogens is 148 g/mol. The molecule has 0 aliphatic rings. The molecule has 0 saturated carbocycles. The number of aromatic nitrogens is 1. The van der Waals surface area contributed by atoms with E-state index in [0.29, 0.717) is 5.69 Å². The number of thiazole rings is 1. The van der Waals surface area contributed by atoms with Gasteiger partial charge in [-0.05, 0) is 6.92 Å². The molecule has 1 aromatic heterocycles. The van der Waals surface area contributed by atoms with Crippen molar-refractivity contribution < 1.29 is 4.79 Å². The average molecular weight is 156 g/mol. The second-order valence-electron chi connectivity index (χ2n) is 1.73. The Morgan fingerprint density at radius 1 is 1.90 bits per heavy atom. The summed E-state index contributed by atoms with van der Waals surface area (Å²) < 4.78 is 0. The van der Waals surface area contributed by atoms with Crippen LogP contribution in [0.25, 0.3) is 0 Å². The van der Waals surface area contributed by atoms with E-state index in [0.717, 1.165) is 18.0 Å². The third kappa shape index (κ3) is 1.54. The van der Waals surface area contributed by atoms with E-state index in [1.54, 1.807) is 5.38 Å². The maximum Gasteiger partial charge on any atom is 0.183 e. The Kier molecular flexibility index (Phi) is 2.39. The molecule has 0 bridgehead atoms. The van der Waals surface area contributed by atoms with Gasteiger partial charge in [-0.25, -0.2) is 4.98 Å². The van der Waals surface area contributed by atoms with Crippen LogP contribution < -0.4 is 5.32 Å². The minimum Gasteiger partial charge on any atom is -0.362 e. The molecule has 0 unspecified atom stereocenters. The number of anilines is 1. The fourth-order valence-electron chi connectivity index (χ4n) is 0.573. The molecule has 1 heterocycles. The summed E-state index contributed by atoms with van der Waals surface area (Å²) in [5.74, 6) is 0. The minimum atomic E-state index is 0.501. The number of carbonyl (C=O) groups is 1. The maximum absolute atomic E-state index is 10.1. The van der Waals surface area contributed by atoms with Crippen molar-refractivity contribution in [1.29, 1.82) is 0 Å². The normalized spacial score (nSPS) is 9.30. The first kappa shape index (κ1) is 7.21. The van der Waals surface area contributed by atoms with Crippen LogP contribution >= 0.6 is 11.3 Å². The van der Waals surface area contributed by atoms with Crippen LogP contribution in [0.1, 0.15) is 17.4 Å². The van der Waals surface area contributed by atoms with Crippen molar-refractivity contribution in [3.05, 3.63) is 11.1 Å². The fourth-order valence-corrected chi connectivity index (χ4v) is 1.30. The van der Waals surface area contributed by atoms with Crippen molar-refractivity contribution in [2.75, 3.05) is 11.9 Å². The SMILES string of the molecule is CCNc1nc(C=O)cs1. The van der Waals surface area contributed by atoms with Gasteiger partial charge < -0.3 is 5.32 Å². The molecule has 0 atom stereocenters. The molecule has 0 fully saturated rings. The van der Waals surface area contributed by atoms with E-state index in [-0.39, 0.29) is 0 Å². The van der Waals surface area contributed by atoms with Crippen molar-refractivity contribution >= 4 is 22.8 Å². The summed E-state index contributed by atoms with van der Waals surface area (Å²) >= 11 is 1.45. The lowest BCUT2D eigenvalue weighted by Gasteiger charge is -1.92. The summed E-state index contributed by atoms with van der Waals surface area (Å²) in [4.78, 5) is 14.1.